The Bertz CT molecular complexity index is 921. The Labute approximate surface area is 145 Å². The number of aliphatic hydroxyl groups is 1. The fourth-order valence-electron chi connectivity index (χ4n) is 2.67. The molecule has 0 fully saturated rings. The maximum Gasteiger partial charge on any atom is 0.276 e. The second-order valence-electron chi connectivity index (χ2n) is 6.23. The zero-order valence-electron chi connectivity index (χ0n) is 14.3. The third-order valence-corrected chi connectivity index (χ3v) is 3.98. The van der Waals surface area contributed by atoms with Gasteiger partial charge in [0.05, 0.1) is 23.6 Å². The van der Waals surface area contributed by atoms with E-state index in [4.69, 9.17) is 4.74 Å². The number of benzene rings is 1. The van der Waals surface area contributed by atoms with Crippen molar-refractivity contribution in [1.29, 1.82) is 0 Å². The number of para-hydroxylation sites is 1. The van der Waals surface area contributed by atoms with Crippen LogP contribution in [0.4, 0.5) is 0 Å². The lowest BCUT2D eigenvalue weighted by Gasteiger charge is -2.17. The van der Waals surface area contributed by atoms with Crippen LogP contribution in [0.25, 0.3) is 10.9 Å². The first-order chi connectivity index (χ1) is 12.1. The van der Waals surface area contributed by atoms with Gasteiger partial charge in [0.15, 0.2) is 0 Å². The van der Waals surface area contributed by atoms with Crippen molar-refractivity contribution in [3.8, 4) is 5.75 Å². The van der Waals surface area contributed by atoms with Crippen molar-refractivity contribution >= 4 is 10.9 Å². The van der Waals surface area contributed by atoms with E-state index in [0.717, 1.165) is 11.3 Å². The van der Waals surface area contributed by atoms with Crippen molar-refractivity contribution in [3.05, 3.63) is 64.7 Å². The Balaban J connectivity index is 1.70. The van der Waals surface area contributed by atoms with Gasteiger partial charge in [0.2, 0.25) is 0 Å². The molecular formula is C19H21N3O3. The van der Waals surface area contributed by atoms with Crippen molar-refractivity contribution in [2.75, 3.05) is 6.61 Å². The van der Waals surface area contributed by atoms with Gasteiger partial charge in [-0.2, -0.15) is 5.10 Å². The molecule has 130 valence electrons. The van der Waals surface area contributed by atoms with Crippen LogP contribution in [0, 0.1) is 0 Å². The summed E-state index contributed by atoms with van der Waals surface area (Å²) in [6, 6.07) is 11.2. The fraction of sp³-hybridized carbons (Fsp3) is 0.316. The summed E-state index contributed by atoms with van der Waals surface area (Å²) in [6.07, 6.45) is 2.29. The standard InChI is InChI=1S/C19H21N3O3/c1-13(2)15-6-3-4-8-18(15)25-12-14(23)11-22-19(24)16-7-5-9-20-17(16)10-21-22/h3-10,13-14,23H,11-12H2,1-2H3. The summed E-state index contributed by atoms with van der Waals surface area (Å²) in [5.74, 6) is 1.07. The van der Waals surface area contributed by atoms with Crippen molar-refractivity contribution in [3.63, 3.8) is 0 Å². The van der Waals surface area contributed by atoms with Gasteiger partial charge in [-0.1, -0.05) is 32.0 Å². The number of pyridine rings is 1. The highest BCUT2D eigenvalue weighted by Crippen LogP contribution is 2.25. The molecule has 0 radical (unpaired) electrons. The van der Waals surface area contributed by atoms with E-state index in [2.05, 4.69) is 23.9 Å². The molecule has 2 heterocycles. The van der Waals surface area contributed by atoms with Gasteiger partial charge in [-0.05, 0) is 29.7 Å². The summed E-state index contributed by atoms with van der Waals surface area (Å²) in [5, 5.41) is 14.8. The van der Waals surface area contributed by atoms with Crippen LogP contribution < -0.4 is 10.3 Å². The average molecular weight is 339 g/mol. The van der Waals surface area contributed by atoms with Gasteiger partial charge in [0, 0.05) is 6.20 Å². The van der Waals surface area contributed by atoms with Crippen LogP contribution in [0.2, 0.25) is 0 Å². The summed E-state index contributed by atoms with van der Waals surface area (Å²) in [7, 11) is 0. The number of ether oxygens (including phenoxy) is 1. The largest absolute Gasteiger partial charge is 0.491 e. The number of aromatic nitrogens is 3. The molecule has 1 atom stereocenters. The molecule has 0 aliphatic carbocycles. The Hall–Kier alpha value is -2.73. The van der Waals surface area contributed by atoms with E-state index < -0.39 is 6.10 Å². The lowest BCUT2D eigenvalue weighted by atomic mass is 10.0. The Morgan fingerprint density at radius 2 is 2.00 bits per heavy atom. The molecule has 0 bridgehead atoms. The number of hydrogen-bond donors (Lipinski definition) is 1. The minimum absolute atomic E-state index is 0.0630. The van der Waals surface area contributed by atoms with E-state index in [9.17, 15) is 9.90 Å². The second kappa shape index (κ2) is 7.44. The summed E-state index contributed by atoms with van der Waals surface area (Å²) in [4.78, 5) is 16.5. The number of hydrogen-bond acceptors (Lipinski definition) is 5. The summed E-state index contributed by atoms with van der Waals surface area (Å²) in [6.45, 7) is 4.33. The first-order valence-corrected chi connectivity index (χ1v) is 8.27. The van der Waals surface area contributed by atoms with Crippen LogP contribution in [0.3, 0.4) is 0 Å². The maximum atomic E-state index is 12.4. The zero-order chi connectivity index (χ0) is 17.8. The highest BCUT2D eigenvalue weighted by atomic mass is 16.5. The van der Waals surface area contributed by atoms with Crippen molar-refractivity contribution in [2.24, 2.45) is 0 Å². The van der Waals surface area contributed by atoms with Crippen LogP contribution in [0.1, 0.15) is 25.3 Å². The van der Waals surface area contributed by atoms with E-state index in [1.54, 1.807) is 18.3 Å². The second-order valence-corrected chi connectivity index (χ2v) is 6.23. The van der Waals surface area contributed by atoms with Crippen LogP contribution in [-0.2, 0) is 6.54 Å². The molecule has 0 amide bonds. The van der Waals surface area contributed by atoms with Crippen LogP contribution in [0.15, 0.2) is 53.6 Å². The van der Waals surface area contributed by atoms with Gasteiger partial charge in [-0.25, -0.2) is 4.68 Å². The van der Waals surface area contributed by atoms with Gasteiger partial charge in [-0.15, -0.1) is 0 Å². The molecule has 0 saturated carbocycles. The molecule has 3 rings (SSSR count). The molecule has 3 aromatic rings. The third-order valence-electron chi connectivity index (χ3n) is 3.98. The van der Waals surface area contributed by atoms with Crippen molar-refractivity contribution < 1.29 is 9.84 Å². The summed E-state index contributed by atoms with van der Waals surface area (Å²) < 4.78 is 7.00. The minimum atomic E-state index is -0.848. The minimum Gasteiger partial charge on any atom is -0.491 e. The number of fused-ring (bicyclic) bond motifs is 1. The first-order valence-electron chi connectivity index (χ1n) is 8.27. The lowest BCUT2D eigenvalue weighted by molar-refractivity contribution is 0.0875. The Kier molecular flexibility index (Phi) is 5.09. The molecule has 6 heteroatoms. The predicted molar refractivity (Wildman–Crippen MR) is 95.8 cm³/mol. The van der Waals surface area contributed by atoms with Gasteiger partial charge in [0.25, 0.3) is 5.56 Å². The van der Waals surface area contributed by atoms with Crippen molar-refractivity contribution in [1.82, 2.24) is 14.8 Å². The van der Waals surface area contributed by atoms with Crippen LogP contribution >= 0.6 is 0 Å². The van der Waals surface area contributed by atoms with Gasteiger partial charge < -0.3 is 9.84 Å². The van der Waals surface area contributed by atoms with E-state index >= 15 is 0 Å². The Morgan fingerprint density at radius 3 is 2.80 bits per heavy atom. The molecule has 2 aromatic heterocycles. The molecule has 0 aliphatic heterocycles. The lowest BCUT2D eigenvalue weighted by Crippen LogP contribution is -2.32. The van der Waals surface area contributed by atoms with Crippen molar-refractivity contribution in [2.45, 2.75) is 32.4 Å². The summed E-state index contributed by atoms with van der Waals surface area (Å²) in [5.41, 5.74) is 1.36. The molecule has 6 nitrogen and oxygen atoms in total. The van der Waals surface area contributed by atoms with Gasteiger partial charge >= 0.3 is 0 Å². The highest BCUT2D eigenvalue weighted by Gasteiger charge is 2.13. The number of nitrogens with zero attached hydrogens (tertiary/aromatic N) is 3. The van der Waals surface area contributed by atoms with E-state index in [-0.39, 0.29) is 18.7 Å². The topological polar surface area (TPSA) is 77.2 Å². The van der Waals surface area contributed by atoms with Crippen LogP contribution in [0.5, 0.6) is 5.75 Å². The highest BCUT2D eigenvalue weighted by molar-refractivity contribution is 5.75. The van der Waals surface area contributed by atoms with Crippen LogP contribution in [-0.4, -0.2) is 32.6 Å². The molecule has 25 heavy (non-hydrogen) atoms. The van der Waals surface area contributed by atoms with E-state index in [1.165, 1.54) is 10.9 Å². The van der Waals surface area contributed by atoms with Gasteiger partial charge in [-0.3, -0.25) is 9.78 Å². The van der Waals surface area contributed by atoms with E-state index in [1.807, 2.05) is 24.3 Å². The smallest absolute Gasteiger partial charge is 0.276 e. The van der Waals surface area contributed by atoms with E-state index in [0.29, 0.717) is 16.8 Å². The SMILES string of the molecule is CC(C)c1ccccc1OCC(O)Cn1ncc2ncccc2c1=O. The van der Waals surface area contributed by atoms with Gasteiger partial charge in [0.1, 0.15) is 18.5 Å². The number of rotatable bonds is 6. The molecule has 1 aromatic carbocycles. The quantitative estimate of drug-likeness (QED) is 0.746. The number of aliphatic hydroxyl groups excluding tert-OH is 1. The average Bonchev–Trinajstić information content (AvgIpc) is 2.63. The normalized spacial score (nSPS) is 12.5. The zero-order valence-corrected chi connectivity index (χ0v) is 14.3. The fourth-order valence-corrected chi connectivity index (χ4v) is 2.67. The monoisotopic (exact) mass is 339 g/mol. The predicted octanol–water partition coefficient (Wildman–Crippen LogP) is 2.35. The first kappa shape index (κ1) is 17.1. The molecule has 0 spiro atoms. The molecule has 1 N–H and O–H groups in total. The molecule has 0 saturated heterocycles. The summed E-state index contributed by atoms with van der Waals surface area (Å²) >= 11 is 0. The molecule has 1 unspecified atom stereocenters. The molecule has 0 aliphatic rings. The molecular weight excluding hydrogens is 318 g/mol. The Morgan fingerprint density at radius 1 is 1.20 bits per heavy atom. The third kappa shape index (κ3) is 3.85. The maximum absolute atomic E-state index is 12.4.